The van der Waals surface area contributed by atoms with Gasteiger partial charge in [-0.15, -0.1) is 0 Å². The zero-order chi connectivity index (χ0) is 13.4. The minimum atomic E-state index is 0.0434. The Morgan fingerprint density at radius 2 is 2.17 bits per heavy atom. The van der Waals surface area contributed by atoms with Crippen LogP contribution in [0.4, 0.5) is 5.69 Å². The summed E-state index contributed by atoms with van der Waals surface area (Å²) < 4.78 is 0. The van der Waals surface area contributed by atoms with Crippen molar-refractivity contribution in [1.29, 1.82) is 0 Å². The summed E-state index contributed by atoms with van der Waals surface area (Å²) in [6.07, 6.45) is 1.37. The molecule has 0 heterocycles. The topological polar surface area (TPSA) is 55.1 Å². The van der Waals surface area contributed by atoms with E-state index in [0.29, 0.717) is 12.1 Å². The third-order valence-electron chi connectivity index (χ3n) is 2.71. The zero-order valence-corrected chi connectivity index (χ0v) is 11.9. The molecule has 1 atom stereocenters. The van der Waals surface area contributed by atoms with Crippen LogP contribution in [-0.2, 0) is 11.2 Å². The molecule has 1 amide bonds. The SMILES string of the molecule is CCSCCC(C)NC(=O)Cc1ccccc1N. The molecule has 18 heavy (non-hydrogen) atoms. The van der Waals surface area contributed by atoms with E-state index in [4.69, 9.17) is 5.73 Å². The Bertz CT molecular complexity index is 382. The molecule has 0 aliphatic heterocycles. The maximum absolute atomic E-state index is 11.8. The molecule has 1 rings (SSSR count). The number of nitrogen functional groups attached to an aromatic ring is 1. The van der Waals surface area contributed by atoms with Crippen LogP contribution in [0.5, 0.6) is 0 Å². The van der Waals surface area contributed by atoms with Gasteiger partial charge in [0.1, 0.15) is 0 Å². The van der Waals surface area contributed by atoms with Gasteiger partial charge < -0.3 is 11.1 Å². The Balaban J connectivity index is 2.35. The van der Waals surface area contributed by atoms with Crippen LogP contribution in [-0.4, -0.2) is 23.5 Å². The van der Waals surface area contributed by atoms with Crippen molar-refractivity contribution in [3.05, 3.63) is 29.8 Å². The summed E-state index contributed by atoms with van der Waals surface area (Å²) >= 11 is 1.90. The fourth-order valence-electron chi connectivity index (χ4n) is 1.67. The van der Waals surface area contributed by atoms with Crippen LogP contribution in [0.3, 0.4) is 0 Å². The second-order valence-corrected chi connectivity index (χ2v) is 5.72. The van der Waals surface area contributed by atoms with Gasteiger partial charge >= 0.3 is 0 Å². The van der Waals surface area contributed by atoms with Gasteiger partial charge in [0.05, 0.1) is 6.42 Å². The highest BCUT2D eigenvalue weighted by Crippen LogP contribution is 2.11. The van der Waals surface area contributed by atoms with Crippen LogP contribution in [0, 0.1) is 0 Å². The molecule has 0 bridgehead atoms. The van der Waals surface area contributed by atoms with E-state index in [9.17, 15) is 4.79 Å². The van der Waals surface area contributed by atoms with Gasteiger partial charge in [-0.2, -0.15) is 11.8 Å². The number of carbonyl (C=O) groups excluding carboxylic acids is 1. The average Bonchev–Trinajstić information content (AvgIpc) is 2.32. The maximum atomic E-state index is 11.8. The quantitative estimate of drug-likeness (QED) is 0.589. The van der Waals surface area contributed by atoms with E-state index in [1.807, 2.05) is 43.0 Å². The number of para-hydroxylation sites is 1. The second-order valence-electron chi connectivity index (χ2n) is 4.33. The third kappa shape index (κ3) is 5.45. The molecule has 0 aromatic heterocycles. The number of benzene rings is 1. The molecule has 4 heteroatoms. The molecule has 100 valence electrons. The zero-order valence-electron chi connectivity index (χ0n) is 11.1. The second kappa shape index (κ2) is 8.03. The van der Waals surface area contributed by atoms with E-state index in [1.165, 1.54) is 0 Å². The number of anilines is 1. The van der Waals surface area contributed by atoms with Crippen molar-refractivity contribution in [2.24, 2.45) is 0 Å². The number of carbonyl (C=O) groups is 1. The summed E-state index contributed by atoms with van der Waals surface area (Å²) in [5, 5.41) is 3.01. The van der Waals surface area contributed by atoms with Crippen LogP contribution in [0.25, 0.3) is 0 Å². The lowest BCUT2D eigenvalue weighted by Gasteiger charge is -2.14. The minimum absolute atomic E-state index is 0.0434. The summed E-state index contributed by atoms with van der Waals surface area (Å²) in [7, 11) is 0. The molecule has 0 fully saturated rings. The van der Waals surface area contributed by atoms with Crippen LogP contribution >= 0.6 is 11.8 Å². The molecular weight excluding hydrogens is 244 g/mol. The van der Waals surface area contributed by atoms with Gasteiger partial charge in [-0.1, -0.05) is 25.1 Å². The highest BCUT2D eigenvalue weighted by atomic mass is 32.2. The summed E-state index contributed by atoms with van der Waals surface area (Å²) in [6, 6.07) is 7.72. The lowest BCUT2D eigenvalue weighted by Crippen LogP contribution is -2.34. The molecule has 0 saturated carbocycles. The normalized spacial score (nSPS) is 12.1. The lowest BCUT2D eigenvalue weighted by molar-refractivity contribution is -0.121. The van der Waals surface area contributed by atoms with E-state index in [0.717, 1.165) is 23.5 Å². The Labute approximate surface area is 114 Å². The molecule has 0 saturated heterocycles. The molecular formula is C14H22N2OS. The summed E-state index contributed by atoms with van der Waals surface area (Å²) in [6.45, 7) is 4.19. The van der Waals surface area contributed by atoms with Gasteiger partial charge in [0.15, 0.2) is 0 Å². The fraction of sp³-hybridized carbons (Fsp3) is 0.500. The van der Waals surface area contributed by atoms with Crippen molar-refractivity contribution >= 4 is 23.4 Å². The number of nitrogens with one attached hydrogen (secondary N) is 1. The van der Waals surface area contributed by atoms with E-state index >= 15 is 0 Å². The Morgan fingerprint density at radius 1 is 1.44 bits per heavy atom. The number of nitrogens with two attached hydrogens (primary N) is 1. The van der Waals surface area contributed by atoms with Crippen molar-refractivity contribution in [3.8, 4) is 0 Å². The number of hydrogen-bond acceptors (Lipinski definition) is 3. The maximum Gasteiger partial charge on any atom is 0.224 e. The molecule has 1 aromatic rings. The molecule has 0 aliphatic rings. The largest absolute Gasteiger partial charge is 0.398 e. The highest BCUT2D eigenvalue weighted by molar-refractivity contribution is 7.99. The minimum Gasteiger partial charge on any atom is -0.398 e. The summed E-state index contributed by atoms with van der Waals surface area (Å²) in [5.41, 5.74) is 7.39. The summed E-state index contributed by atoms with van der Waals surface area (Å²) in [4.78, 5) is 11.8. The van der Waals surface area contributed by atoms with E-state index in [-0.39, 0.29) is 11.9 Å². The number of hydrogen-bond donors (Lipinski definition) is 2. The van der Waals surface area contributed by atoms with E-state index in [1.54, 1.807) is 0 Å². The van der Waals surface area contributed by atoms with Crippen molar-refractivity contribution in [2.75, 3.05) is 17.2 Å². The van der Waals surface area contributed by atoms with Crippen molar-refractivity contribution < 1.29 is 4.79 Å². The van der Waals surface area contributed by atoms with Gasteiger partial charge in [0, 0.05) is 11.7 Å². The predicted octanol–water partition coefficient (Wildman–Crippen LogP) is 2.46. The first-order valence-electron chi connectivity index (χ1n) is 6.34. The van der Waals surface area contributed by atoms with Gasteiger partial charge in [-0.25, -0.2) is 0 Å². The van der Waals surface area contributed by atoms with Crippen molar-refractivity contribution in [2.45, 2.75) is 32.7 Å². The van der Waals surface area contributed by atoms with Gasteiger partial charge in [-0.3, -0.25) is 4.79 Å². The van der Waals surface area contributed by atoms with Gasteiger partial charge in [0.25, 0.3) is 0 Å². The molecule has 3 N–H and O–H groups in total. The molecule has 3 nitrogen and oxygen atoms in total. The molecule has 0 aliphatic carbocycles. The van der Waals surface area contributed by atoms with E-state index in [2.05, 4.69) is 12.2 Å². The first kappa shape index (κ1) is 14.9. The smallest absolute Gasteiger partial charge is 0.224 e. The number of thioether (sulfide) groups is 1. The molecule has 0 radical (unpaired) electrons. The number of rotatable bonds is 7. The molecule has 1 unspecified atom stereocenters. The van der Waals surface area contributed by atoms with Gasteiger partial charge in [-0.05, 0) is 36.5 Å². The highest BCUT2D eigenvalue weighted by Gasteiger charge is 2.09. The predicted molar refractivity (Wildman–Crippen MR) is 79.8 cm³/mol. The van der Waals surface area contributed by atoms with Crippen molar-refractivity contribution in [1.82, 2.24) is 5.32 Å². The monoisotopic (exact) mass is 266 g/mol. The molecule has 0 spiro atoms. The third-order valence-corrected chi connectivity index (χ3v) is 3.65. The summed E-state index contributed by atoms with van der Waals surface area (Å²) in [5.74, 6) is 2.26. The lowest BCUT2D eigenvalue weighted by atomic mass is 10.1. The van der Waals surface area contributed by atoms with Crippen LogP contribution in [0.15, 0.2) is 24.3 Å². The van der Waals surface area contributed by atoms with Gasteiger partial charge in [0.2, 0.25) is 5.91 Å². The van der Waals surface area contributed by atoms with E-state index < -0.39 is 0 Å². The standard InChI is InChI=1S/C14H22N2OS/c1-3-18-9-8-11(2)16-14(17)10-12-6-4-5-7-13(12)15/h4-7,11H,3,8-10,15H2,1-2H3,(H,16,17). The Morgan fingerprint density at radius 3 is 2.83 bits per heavy atom. The average molecular weight is 266 g/mol. The number of amides is 1. The Hall–Kier alpha value is -1.16. The molecule has 1 aromatic carbocycles. The van der Waals surface area contributed by atoms with Crippen molar-refractivity contribution in [3.63, 3.8) is 0 Å². The van der Waals surface area contributed by atoms with Crippen LogP contribution < -0.4 is 11.1 Å². The fourth-order valence-corrected chi connectivity index (χ4v) is 2.48. The van der Waals surface area contributed by atoms with Crippen LogP contribution in [0.1, 0.15) is 25.8 Å². The first-order chi connectivity index (χ1) is 8.63. The van der Waals surface area contributed by atoms with Crippen LogP contribution in [0.2, 0.25) is 0 Å². The Kier molecular flexibility index (Phi) is 6.65. The first-order valence-corrected chi connectivity index (χ1v) is 7.49.